The Balaban J connectivity index is 1.91. The maximum Gasteiger partial charge on any atom is 0.137 e. The van der Waals surface area contributed by atoms with Gasteiger partial charge in [-0.25, -0.2) is 0 Å². The topological polar surface area (TPSA) is 34.1 Å². The Labute approximate surface area is 108 Å². The van der Waals surface area contributed by atoms with E-state index in [9.17, 15) is 0 Å². The lowest BCUT2D eigenvalue weighted by Crippen LogP contribution is -2.38. The van der Waals surface area contributed by atoms with Crippen LogP contribution in [0.5, 0.6) is 5.75 Å². The second-order valence-electron chi connectivity index (χ2n) is 5.21. The van der Waals surface area contributed by atoms with Crippen molar-refractivity contribution in [3.8, 4) is 5.75 Å². The molecule has 3 heteroatoms. The number of hydrogen-bond acceptors (Lipinski definition) is 3. The van der Waals surface area contributed by atoms with Crippen LogP contribution in [0.1, 0.15) is 24.8 Å². The van der Waals surface area contributed by atoms with Crippen LogP contribution in [0.2, 0.25) is 0 Å². The number of nitrogens with one attached hydrogen (secondary N) is 1. The number of rotatable bonds is 2. The van der Waals surface area contributed by atoms with Gasteiger partial charge in [0, 0.05) is 12.7 Å². The van der Waals surface area contributed by atoms with E-state index in [1.54, 1.807) is 13.3 Å². The number of allylic oxidation sites excluding steroid dienone is 1. The third-order valence-corrected chi connectivity index (χ3v) is 4.21. The number of aromatic nitrogens is 1. The van der Waals surface area contributed by atoms with Crippen molar-refractivity contribution in [2.24, 2.45) is 11.8 Å². The highest BCUT2D eigenvalue weighted by molar-refractivity contribution is 5.69. The summed E-state index contributed by atoms with van der Waals surface area (Å²) in [6, 6.07) is 2.11. The van der Waals surface area contributed by atoms with E-state index in [1.807, 2.05) is 6.20 Å². The molecule has 0 saturated carbocycles. The highest BCUT2D eigenvalue weighted by Gasteiger charge is 2.30. The molecule has 0 spiro atoms. The van der Waals surface area contributed by atoms with E-state index >= 15 is 0 Å². The van der Waals surface area contributed by atoms with E-state index in [1.165, 1.54) is 36.9 Å². The molecule has 1 saturated heterocycles. The van der Waals surface area contributed by atoms with Crippen molar-refractivity contribution >= 4 is 5.57 Å². The fraction of sp³-hybridized carbons (Fsp3) is 0.533. The number of methoxy groups -OCH3 is 1. The maximum atomic E-state index is 5.28. The number of nitrogens with zero attached hydrogens (tertiary/aromatic N) is 1. The van der Waals surface area contributed by atoms with Gasteiger partial charge < -0.3 is 10.1 Å². The van der Waals surface area contributed by atoms with Gasteiger partial charge >= 0.3 is 0 Å². The van der Waals surface area contributed by atoms with Gasteiger partial charge in [0.15, 0.2) is 0 Å². The largest absolute Gasteiger partial charge is 0.495 e. The molecule has 1 fully saturated rings. The monoisotopic (exact) mass is 244 g/mol. The number of piperidine rings is 1. The first-order valence-corrected chi connectivity index (χ1v) is 6.78. The molecule has 18 heavy (non-hydrogen) atoms. The zero-order chi connectivity index (χ0) is 12.4. The fourth-order valence-electron chi connectivity index (χ4n) is 3.25. The molecule has 1 N–H and O–H groups in total. The average Bonchev–Trinajstić information content (AvgIpc) is 2.47. The summed E-state index contributed by atoms with van der Waals surface area (Å²) in [5.74, 6) is 2.35. The van der Waals surface area contributed by atoms with E-state index < -0.39 is 0 Å². The van der Waals surface area contributed by atoms with Crippen LogP contribution in [0.4, 0.5) is 0 Å². The summed E-state index contributed by atoms with van der Waals surface area (Å²) in [5.41, 5.74) is 2.69. The van der Waals surface area contributed by atoms with E-state index in [2.05, 4.69) is 22.4 Å². The van der Waals surface area contributed by atoms with E-state index in [-0.39, 0.29) is 0 Å². The number of hydrogen-bond donors (Lipinski definition) is 1. The Kier molecular flexibility index (Phi) is 3.33. The lowest BCUT2D eigenvalue weighted by molar-refractivity contribution is 0.285. The Morgan fingerprint density at radius 3 is 3.17 bits per heavy atom. The van der Waals surface area contributed by atoms with Crippen molar-refractivity contribution in [2.45, 2.75) is 19.3 Å². The fourth-order valence-corrected chi connectivity index (χ4v) is 3.25. The third-order valence-electron chi connectivity index (χ3n) is 4.21. The predicted octanol–water partition coefficient (Wildman–Crippen LogP) is 2.49. The van der Waals surface area contributed by atoms with Crippen LogP contribution in [-0.4, -0.2) is 25.2 Å². The van der Waals surface area contributed by atoms with Crippen molar-refractivity contribution in [3.63, 3.8) is 0 Å². The lowest BCUT2D eigenvalue weighted by Gasteiger charge is -2.37. The van der Waals surface area contributed by atoms with Gasteiger partial charge in [0.05, 0.1) is 13.3 Å². The molecule has 3 rings (SSSR count). The van der Waals surface area contributed by atoms with Crippen LogP contribution in [0, 0.1) is 11.8 Å². The summed E-state index contributed by atoms with van der Waals surface area (Å²) < 4.78 is 5.28. The molecular formula is C15H20N2O. The molecule has 0 aromatic carbocycles. The highest BCUT2D eigenvalue weighted by Crippen LogP contribution is 2.39. The predicted molar refractivity (Wildman–Crippen MR) is 72.5 cm³/mol. The minimum absolute atomic E-state index is 0.654. The molecular weight excluding hydrogens is 224 g/mol. The molecule has 0 amide bonds. The number of ether oxygens (including phenoxy) is 1. The second kappa shape index (κ2) is 5.11. The first kappa shape index (κ1) is 11.7. The molecule has 1 aliphatic carbocycles. The van der Waals surface area contributed by atoms with Gasteiger partial charge in [0.1, 0.15) is 5.75 Å². The lowest BCUT2D eigenvalue weighted by atomic mass is 9.73. The average molecular weight is 244 g/mol. The highest BCUT2D eigenvalue weighted by atomic mass is 16.5. The molecule has 2 atom stereocenters. The van der Waals surface area contributed by atoms with Crippen molar-refractivity contribution < 1.29 is 4.74 Å². The minimum atomic E-state index is 0.654. The molecule has 1 aromatic rings. The van der Waals surface area contributed by atoms with Gasteiger partial charge in [-0.1, -0.05) is 6.08 Å². The summed E-state index contributed by atoms with van der Waals surface area (Å²) in [6.07, 6.45) is 9.97. The summed E-state index contributed by atoms with van der Waals surface area (Å²) in [7, 11) is 1.70. The minimum Gasteiger partial charge on any atom is -0.495 e. The number of fused-ring (bicyclic) bond motifs is 1. The Bertz CT molecular complexity index is 456. The van der Waals surface area contributed by atoms with Crippen molar-refractivity contribution in [2.75, 3.05) is 20.2 Å². The van der Waals surface area contributed by atoms with E-state index in [4.69, 9.17) is 4.74 Å². The van der Waals surface area contributed by atoms with Crippen LogP contribution in [0.25, 0.3) is 5.57 Å². The quantitative estimate of drug-likeness (QED) is 0.868. The van der Waals surface area contributed by atoms with Crippen LogP contribution < -0.4 is 10.1 Å². The van der Waals surface area contributed by atoms with Gasteiger partial charge in [-0.2, -0.15) is 0 Å². The molecule has 2 heterocycles. The summed E-state index contributed by atoms with van der Waals surface area (Å²) in [4.78, 5) is 4.28. The molecule has 96 valence electrons. The summed E-state index contributed by atoms with van der Waals surface area (Å²) >= 11 is 0. The van der Waals surface area contributed by atoms with Gasteiger partial charge in [0.2, 0.25) is 0 Å². The van der Waals surface area contributed by atoms with E-state index in [0.29, 0.717) is 5.92 Å². The van der Waals surface area contributed by atoms with E-state index in [0.717, 1.165) is 18.2 Å². The van der Waals surface area contributed by atoms with Crippen LogP contribution in [-0.2, 0) is 0 Å². The second-order valence-corrected chi connectivity index (χ2v) is 5.21. The standard InChI is InChI=1S/C15H20N2O/c1-18-13-7-12(8-17-9-13)14-4-2-3-11-5-6-16-10-15(11)14/h4,7-9,11,15-16H,2-3,5-6,10H2,1H3. The maximum absolute atomic E-state index is 5.28. The molecule has 3 nitrogen and oxygen atoms in total. The third kappa shape index (κ3) is 2.15. The van der Waals surface area contributed by atoms with Crippen molar-refractivity contribution in [3.05, 3.63) is 30.1 Å². The van der Waals surface area contributed by atoms with Crippen LogP contribution >= 0.6 is 0 Å². The van der Waals surface area contributed by atoms with Gasteiger partial charge in [0.25, 0.3) is 0 Å². The van der Waals surface area contributed by atoms with Crippen LogP contribution in [0.15, 0.2) is 24.5 Å². The smallest absolute Gasteiger partial charge is 0.137 e. The van der Waals surface area contributed by atoms with Crippen molar-refractivity contribution in [1.29, 1.82) is 0 Å². The molecule has 2 aliphatic rings. The first-order chi connectivity index (χ1) is 8.88. The van der Waals surface area contributed by atoms with Gasteiger partial charge in [-0.05, 0) is 54.8 Å². The zero-order valence-electron chi connectivity index (χ0n) is 10.9. The Morgan fingerprint density at radius 1 is 1.33 bits per heavy atom. The molecule has 1 aliphatic heterocycles. The SMILES string of the molecule is COc1cncc(C2=CCCC3CCNCC23)c1. The van der Waals surface area contributed by atoms with Gasteiger partial charge in [-0.15, -0.1) is 0 Å². The summed E-state index contributed by atoms with van der Waals surface area (Å²) in [5, 5.41) is 3.52. The molecule has 0 radical (unpaired) electrons. The molecule has 1 aromatic heterocycles. The van der Waals surface area contributed by atoms with Crippen molar-refractivity contribution in [1.82, 2.24) is 10.3 Å². The molecule has 0 bridgehead atoms. The summed E-state index contributed by atoms with van der Waals surface area (Å²) in [6.45, 7) is 2.28. The normalized spacial score (nSPS) is 27.3. The first-order valence-electron chi connectivity index (χ1n) is 6.78. The zero-order valence-corrected chi connectivity index (χ0v) is 10.9. The molecule has 2 unspecified atom stereocenters. The number of pyridine rings is 1. The van der Waals surface area contributed by atoms with Gasteiger partial charge in [-0.3, -0.25) is 4.98 Å². The Morgan fingerprint density at radius 2 is 2.28 bits per heavy atom. The Hall–Kier alpha value is -1.35. The van der Waals surface area contributed by atoms with Crippen LogP contribution in [0.3, 0.4) is 0 Å².